The molecule has 34 heavy (non-hydrogen) atoms. The van der Waals surface area contributed by atoms with Crippen LogP contribution in [-0.2, 0) is 6.54 Å². The topological polar surface area (TPSA) is 112 Å². The van der Waals surface area contributed by atoms with E-state index in [0.717, 1.165) is 11.3 Å². The maximum atomic E-state index is 6.60. The van der Waals surface area contributed by atoms with Gasteiger partial charge in [-0.2, -0.15) is 10.1 Å². The Balaban J connectivity index is 1.67. The predicted octanol–water partition coefficient (Wildman–Crippen LogP) is 4.78. The minimum atomic E-state index is 0.371. The Morgan fingerprint density at radius 3 is 2.74 bits per heavy atom. The molecule has 0 unspecified atom stereocenters. The minimum Gasteiger partial charge on any atom is -0.496 e. The van der Waals surface area contributed by atoms with Crippen LogP contribution in [0.2, 0.25) is 5.02 Å². The Labute approximate surface area is 201 Å². The van der Waals surface area contributed by atoms with Crippen LogP contribution in [0.1, 0.15) is 5.56 Å². The Kier molecular flexibility index (Phi) is 6.88. The zero-order valence-electron chi connectivity index (χ0n) is 18.9. The average molecular weight is 479 g/mol. The van der Waals surface area contributed by atoms with Gasteiger partial charge in [0.1, 0.15) is 28.7 Å². The molecule has 0 saturated carbocycles. The predicted molar refractivity (Wildman–Crippen MR) is 131 cm³/mol. The second kappa shape index (κ2) is 10.2. The van der Waals surface area contributed by atoms with Crippen LogP contribution in [0, 0.1) is 6.92 Å². The summed E-state index contributed by atoms with van der Waals surface area (Å²) in [6.07, 6.45) is 8.39. The molecule has 10 nitrogen and oxygen atoms in total. The number of nitrogens with one attached hydrogen (secondary N) is 2. The van der Waals surface area contributed by atoms with Gasteiger partial charge in [-0.05, 0) is 19.1 Å². The molecule has 11 heteroatoms. The zero-order chi connectivity index (χ0) is 24.1. The zero-order valence-corrected chi connectivity index (χ0v) is 19.7. The Morgan fingerprint density at radius 1 is 1.15 bits per heavy atom. The lowest BCUT2D eigenvalue weighted by molar-refractivity contribution is 0.393. The van der Waals surface area contributed by atoms with Gasteiger partial charge in [-0.1, -0.05) is 17.7 Å². The van der Waals surface area contributed by atoms with Gasteiger partial charge in [0.05, 0.1) is 43.9 Å². The number of benzene rings is 1. The summed E-state index contributed by atoms with van der Waals surface area (Å²) in [5, 5.41) is 11.1. The molecule has 174 valence electrons. The molecule has 2 N–H and O–H groups in total. The summed E-state index contributed by atoms with van der Waals surface area (Å²) < 4.78 is 12.6. The quantitative estimate of drug-likeness (QED) is 0.328. The monoisotopic (exact) mass is 478 g/mol. The van der Waals surface area contributed by atoms with Gasteiger partial charge in [0, 0.05) is 24.0 Å². The third kappa shape index (κ3) is 4.76. The molecule has 0 bridgehead atoms. The first-order valence-corrected chi connectivity index (χ1v) is 10.6. The number of hydrogen-bond donors (Lipinski definition) is 2. The van der Waals surface area contributed by atoms with E-state index in [1.165, 1.54) is 6.33 Å². The van der Waals surface area contributed by atoms with Crippen molar-refractivity contribution in [2.75, 3.05) is 24.9 Å². The molecule has 4 aromatic rings. The number of pyridine rings is 1. The molecule has 0 amide bonds. The van der Waals surface area contributed by atoms with Gasteiger partial charge in [-0.15, -0.1) is 6.58 Å². The van der Waals surface area contributed by atoms with Gasteiger partial charge in [0.2, 0.25) is 5.95 Å². The summed E-state index contributed by atoms with van der Waals surface area (Å²) in [5.41, 5.74) is 2.82. The van der Waals surface area contributed by atoms with Gasteiger partial charge < -0.3 is 20.1 Å². The van der Waals surface area contributed by atoms with Gasteiger partial charge >= 0.3 is 0 Å². The second-order valence-electron chi connectivity index (χ2n) is 7.12. The number of halogens is 1. The summed E-state index contributed by atoms with van der Waals surface area (Å²) >= 11 is 6.60. The van der Waals surface area contributed by atoms with Gasteiger partial charge in [-0.25, -0.2) is 15.0 Å². The smallest absolute Gasteiger partial charge is 0.230 e. The number of nitrogens with zero attached hydrogens (tertiary/aromatic N) is 6. The Morgan fingerprint density at radius 2 is 1.97 bits per heavy atom. The number of anilines is 4. The maximum absolute atomic E-state index is 6.60. The summed E-state index contributed by atoms with van der Waals surface area (Å²) in [4.78, 5) is 17.6. The van der Waals surface area contributed by atoms with Crippen molar-refractivity contribution in [3.63, 3.8) is 0 Å². The molecule has 0 saturated heterocycles. The van der Waals surface area contributed by atoms with Crippen molar-refractivity contribution in [3.8, 4) is 22.9 Å². The summed E-state index contributed by atoms with van der Waals surface area (Å²) in [5.74, 6) is 2.42. The molecule has 3 aromatic heterocycles. The van der Waals surface area contributed by atoms with E-state index >= 15 is 0 Å². The highest BCUT2D eigenvalue weighted by Crippen LogP contribution is 2.42. The van der Waals surface area contributed by atoms with E-state index in [4.69, 9.17) is 21.1 Å². The van der Waals surface area contributed by atoms with E-state index in [9.17, 15) is 0 Å². The van der Waals surface area contributed by atoms with Crippen LogP contribution < -0.4 is 20.1 Å². The number of hydrogen-bond acceptors (Lipinski definition) is 9. The van der Waals surface area contributed by atoms with Crippen LogP contribution in [0.4, 0.5) is 23.1 Å². The highest BCUT2D eigenvalue weighted by Gasteiger charge is 2.18. The summed E-state index contributed by atoms with van der Waals surface area (Å²) in [6, 6.07) is 5.40. The van der Waals surface area contributed by atoms with E-state index in [0.29, 0.717) is 51.9 Å². The van der Waals surface area contributed by atoms with Crippen molar-refractivity contribution >= 4 is 34.7 Å². The van der Waals surface area contributed by atoms with Crippen molar-refractivity contribution < 1.29 is 9.47 Å². The van der Waals surface area contributed by atoms with Crippen LogP contribution in [0.15, 0.2) is 55.8 Å². The van der Waals surface area contributed by atoms with E-state index < -0.39 is 0 Å². The van der Waals surface area contributed by atoms with Crippen LogP contribution in [0.3, 0.4) is 0 Å². The van der Waals surface area contributed by atoms with Crippen molar-refractivity contribution in [2.45, 2.75) is 13.5 Å². The first-order valence-electron chi connectivity index (χ1n) is 10.3. The SMILES string of the molecule is C=CCn1cc(Nc2ncnc(-c3cccnc3Nc3c(C)c(OC)cc(OC)c3Cl)n2)cn1. The normalized spacial score (nSPS) is 10.6. The van der Waals surface area contributed by atoms with Gasteiger partial charge in [0.25, 0.3) is 0 Å². The molecule has 0 aliphatic heterocycles. The minimum absolute atomic E-state index is 0.371. The first kappa shape index (κ1) is 23.0. The van der Waals surface area contributed by atoms with Crippen LogP contribution in [0.25, 0.3) is 11.4 Å². The van der Waals surface area contributed by atoms with E-state index in [-0.39, 0.29) is 0 Å². The number of methoxy groups -OCH3 is 2. The second-order valence-corrected chi connectivity index (χ2v) is 7.50. The largest absolute Gasteiger partial charge is 0.496 e. The van der Waals surface area contributed by atoms with Gasteiger partial charge in [0.15, 0.2) is 5.82 Å². The fraction of sp³-hybridized carbons (Fsp3) is 0.174. The van der Waals surface area contributed by atoms with Crippen molar-refractivity contribution in [1.29, 1.82) is 0 Å². The van der Waals surface area contributed by atoms with E-state index in [1.807, 2.05) is 19.2 Å². The fourth-order valence-corrected chi connectivity index (χ4v) is 3.61. The lowest BCUT2D eigenvalue weighted by Crippen LogP contribution is -2.04. The van der Waals surface area contributed by atoms with Gasteiger partial charge in [-0.3, -0.25) is 4.68 Å². The molecular weight excluding hydrogens is 456 g/mol. The Hall–Kier alpha value is -4.18. The lowest BCUT2D eigenvalue weighted by atomic mass is 10.1. The number of allylic oxidation sites excluding steroid dienone is 1. The van der Waals surface area contributed by atoms with Crippen LogP contribution in [-0.4, -0.2) is 43.9 Å². The molecule has 0 aliphatic carbocycles. The number of ether oxygens (including phenoxy) is 2. The third-order valence-electron chi connectivity index (χ3n) is 4.95. The molecule has 1 aromatic carbocycles. The summed E-state index contributed by atoms with van der Waals surface area (Å²) in [7, 11) is 3.14. The number of aromatic nitrogens is 6. The van der Waals surface area contributed by atoms with Crippen LogP contribution in [0.5, 0.6) is 11.5 Å². The highest BCUT2D eigenvalue weighted by atomic mass is 35.5. The average Bonchev–Trinajstić information content (AvgIpc) is 3.29. The standard InChI is InChI=1S/C23H23ClN8O2/c1-5-9-32-12-15(11-28-32)29-23-27-13-26-22(31-23)16-7-6-8-25-21(16)30-20-14(2)17(33-3)10-18(34-4)19(20)24/h5-8,10-13H,1,9H2,2-4H3,(H,25,30)(H,26,27,29,31). The molecular formula is C23H23ClN8O2. The Bertz CT molecular complexity index is 1300. The van der Waals surface area contributed by atoms with E-state index in [2.05, 4.69) is 42.2 Å². The maximum Gasteiger partial charge on any atom is 0.230 e. The summed E-state index contributed by atoms with van der Waals surface area (Å²) in [6.45, 7) is 6.21. The third-order valence-corrected chi connectivity index (χ3v) is 5.33. The molecule has 0 aliphatic rings. The molecule has 4 rings (SSSR count). The van der Waals surface area contributed by atoms with Crippen molar-refractivity contribution in [2.24, 2.45) is 0 Å². The van der Waals surface area contributed by atoms with Crippen molar-refractivity contribution in [1.82, 2.24) is 29.7 Å². The fourth-order valence-electron chi connectivity index (χ4n) is 3.29. The molecule has 0 spiro atoms. The lowest BCUT2D eigenvalue weighted by Gasteiger charge is -2.18. The molecule has 0 atom stereocenters. The van der Waals surface area contributed by atoms with Crippen molar-refractivity contribution in [3.05, 3.63) is 66.4 Å². The molecule has 0 fully saturated rings. The molecule has 3 heterocycles. The molecule has 0 radical (unpaired) electrons. The van der Waals surface area contributed by atoms with Crippen LogP contribution >= 0.6 is 11.6 Å². The number of rotatable bonds is 9. The highest BCUT2D eigenvalue weighted by molar-refractivity contribution is 6.35. The first-order chi connectivity index (χ1) is 16.5. The van der Waals surface area contributed by atoms with E-state index in [1.54, 1.807) is 49.5 Å².